The average Bonchev–Trinajstić information content (AvgIpc) is 2.87. The van der Waals surface area contributed by atoms with Crippen LogP contribution in [0.1, 0.15) is 32.5 Å². The molecule has 2 amide bonds. The highest BCUT2D eigenvalue weighted by atomic mass is 32.2. The van der Waals surface area contributed by atoms with Crippen LogP contribution < -0.4 is 15.4 Å². The molecule has 176 valence electrons. The number of halogens is 1. The van der Waals surface area contributed by atoms with Gasteiger partial charge in [-0.3, -0.25) is 9.59 Å². The fraction of sp³-hybridized carbons (Fsp3) is 0.231. The highest BCUT2D eigenvalue weighted by Gasteiger charge is 2.16. The lowest BCUT2D eigenvalue weighted by Gasteiger charge is -2.21. The molecule has 0 spiro atoms. The van der Waals surface area contributed by atoms with E-state index in [1.54, 1.807) is 18.2 Å². The van der Waals surface area contributed by atoms with Gasteiger partial charge in [-0.25, -0.2) is 4.39 Å². The predicted octanol–water partition coefficient (Wildman–Crippen LogP) is 5.64. The van der Waals surface area contributed by atoms with Crippen molar-refractivity contribution in [3.05, 3.63) is 95.3 Å². The van der Waals surface area contributed by atoms with Crippen molar-refractivity contribution in [2.24, 2.45) is 0 Å². The number of carbonyl (C=O) groups excluding carboxylic acids is 2. The van der Waals surface area contributed by atoms with Gasteiger partial charge in [0.25, 0.3) is 11.8 Å². The number of amides is 2. The fourth-order valence-electron chi connectivity index (χ4n) is 3.37. The molecule has 3 aromatic carbocycles. The van der Waals surface area contributed by atoms with Gasteiger partial charge in [0, 0.05) is 17.8 Å². The lowest BCUT2D eigenvalue weighted by Crippen LogP contribution is -2.28. The van der Waals surface area contributed by atoms with E-state index in [0.717, 1.165) is 5.56 Å². The summed E-state index contributed by atoms with van der Waals surface area (Å²) < 4.78 is 19.1. The van der Waals surface area contributed by atoms with E-state index >= 15 is 0 Å². The minimum atomic E-state index is -0.395. The van der Waals surface area contributed by atoms with Crippen molar-refractivity contribution in [2.75, 3.05) is 23.4 Å². The first-order valence-corrected chi connectivity index (χ1v) is 13.0. The summed E-state index contributed by atoms with van der Waals surface area (Å²) in [6.45, 7) is 0.227. The molecule has 1 aliphatic heterocycles. The Morgan fingerprint density at radius 2 is 1.71 bits per heavy atom. The zero-order valence-corrected chi connectivity index (χ0v) is 20.1. The summed E-state index contributed by atoms with van der Waals surface area (Å²) >= 11 is 3.94. The minimum Gasteiger partial charge on any atom is -0.484 e. The smallest absolute Gasteiger partial charge is 0.258 e. The van der Waals surface area contributed by atoms with Gasteiger partial charge in [0.1, 0.15) is 11.6 Å². The Bertz CT molecular complexity index is 1120. The second-order valence-electron chi connectivity index (χ2n) is 7.72. The molecule has 1 fully saturated rings. The summed E-state index contributed by atoms with van der Waals surface area (Å²) in [6, 6.07) is 20.5. The standard InChI is InChI=1S/C26H25FN2O3S2/c27-21-9-5-19(6-10-21)25(31)29-22-4-1-3-18(15-22)16-28-24(30)17-32-23-11-7-20(8-12-23)26-33-13-2-14-34-26/h1,3-12,15,26H,2,13-14,16-17H2,(H,28,30)(H,29,31). The van der Waals surface area contributed by atoms with Crippen molar-refractivity contribution in [1.29, 1.82) is 0 Å². The Morgan fingerprint density at radius 3 is 2.44 bits per heavy atom. The number of anilines is 1. The monoisotopic (exact) mass is 496 g/mol. The van der Waals surface area contributed by atoms with E-state index in [9.17, 15) is 14.0 Å². The van der Waals surface area contributed by atoms with Crippen LogP contribution in [0.5, 0.6) is 5.75 Å². The number of carbonyl (C=O) groups is 2. The largest absolute Gasteiger partial charge is 0.484 e. The first kappa shape index (κ1) is 24.2. The molecule has 0 bridgehead atoms. The van der Waals surface area contributed by atoms with Crippen molar-refractivity contribution in [3.8, 4) is 5.75 Å². The molecular formula is C26H25FN2O3S2. The van der Waals surface area contributed by atoms with E-state index in [0.29, 0.717) is 28.1 Å². The molecule has 0 radical (unpaired) electrons. The van der Waals surface area contributed by atoms with Gasteiger partial charge in [-0.2, -0.15) is 0 Å². The zero-order valence-electron chi connectivity index (χ0n) is 18.5. The van der Waals surface area contributed by atoms with Gasteiger partial charge in [0.2, 0.25) is 0 Å². The highest BCUT2D eigenvalue weighted by Crippen LogP contribution is 2.43. The molecule has 0 unspecified atom stereocenters. The second kappa shape index (κ2) is 11.9. The van der Waals surface area contributed by atoms with E-state index < -0.39 is 5.82 Å². The molecule has 1 saturated heterocycles. The second-order valence-corrected chi connectivity index (χ2v) is 10.4. The van der Waals surface area contributed by atoms with Gasteiger partial charge in [-0.05, 0) is 77.6 Å². The first-order chi connectivity index (χ1) is 16.6. The molecule has 0 saturated carbocycles. The predicted molar refractivity (Wildman–Crippen MR) is 137 cm³/mol. The van der Waals surface area contributed by atoms with Gasteiger partial charge >= 0.3 is 0 Å². The summed E-state index contributed by atoms with van der Waals surface area (Å²) in [5.74, 6) is 2.09. The minimum absolute atomic E-state index is 0.0761. The van der Waals surface area contributed by atoms with Crippen LogP contribution in [-0.4, -0.2) is 29.9 Å². The fourth-order valence-corrected chi connectivity index (χ4v) is 6.26. The van der Waals surface area contributed by atoms with E-state index in [1.165, 1.54) is 47.8 Å². The lowest BCUT2D eigenvalue weighted by atomic mass is 10.1. The molecule has 2 N–H and O–H groups in total. The Kier molecular flexibility index (Phi) is 8.49. The molecule has 0 aliphatic carbocycles. The van der Waals surface area contributed by atoms with Gasteiger partial charge < -0.3 is 15.4 Å². The third-order valence-electron chi connectivity index (χ3n) is 5.13. The van der Waals surface area contributed by atoms with E-state index in [2.05, 4.69) is 22.8 Å². The number of rotatable bonds is 8. The van der Waals surface area contributed by atoms with Crippen molar-refractivity contribution in [3.63, 3.8) is 0 Å². The SMILES string of the molecule is O=C(COc1ccc(C2SCCCS2)cc1)NCc1cccc(NC(=O)c2ccc(F)cc2)c1. The van der Waals surface area contributed by atoms with Crippen LogP contribution in [0, 0.1) is 5.82 Å². The van der Waals surface area contributed by atoms with Crippen LogP contribution in [0.25, 0.3) is 0 Å². The quantitative estimate of drug-likeness (QED) is 0.422. The summed E-state index contributed by atoms with van der Waals surface area (Å²) in [4.78, 5) is 24.5. The molecular weight excluding hydrogens is 471 g/mol. The molecule has 4 rings (SSSR count). The molecule has 1 aliphatic rings. The first-order valence-electron chi connectivity index (χ1n) is 11.0. The number of ether oxygens (including phenoxy) is 1. The van der Waals surface area contributed by atoms with E-state index in [-0.39, 0.29) is 18.4 Å². The Balaban J connectivity index is 1.23. The number of thioether (sulfide) groups is 2. The van der Waals surface area contributed by atoms with Gasteiger partial charge in [0.15, 0.2) is 6.61 Å². The summed E-state index contributed by atoms with van der Waals surface area (Å²) in [5.41, 5.74) is 3.06. The van der Waals surface area contributed by atoms with Crippen molar-refractivity contribution in [2.45, 2.75) is 17.5 Å². The maximum absolute atomic E-state index is 13.0. The van der Waals surface area contributed by atoms with E-state index in [1.807, 2.05) is 41.7 Å². The molecule has 0 atom stereocenters. The Labute approximate surface area is 206 Å². The third kappa shape index (κ3) is 7.01. The molecule has 5 nitrogen and oxygen atoms in total. The van der Waals surface area contributed by atoms with E-state index in [4.69, 9.17) is 4.74 Å². The van der Waals surface area contributed by atoms with Crippen LogP contribution in [0.3, 0.4) is 0 Å². The normalized spacial score (nSPS) is 13.8. The van der Waals surface area contributed by atoms with Crippen LogP contribution in [0.4, 0.5) is 10.1 Å². The molecule has 34 heavy (non-hydrogen) atoms. The lowest BCUT2D eigenvalue weighted by molar-refractivity contribution is -0.123. The number of benzene rings is 3. The zero-order chi connectivity index (χ0) is 23.8. The molecule has 1 heterocycles. The number of hydrogen-bond acceptors (Lipinski definition) is 5. The van der Waals surface area contributed by atoms with Crippen LogP contribution in [0.2, 0.25) is 0 Å². The number of nitrogens with one attached hydrogen (secondary N) is 2. The van der Waals surface area contributed by atoms with Crippen molar-refractivity contribution < 1.29 is 18.7 Å². The summed E-state index contributed by atoms with van der Waals surface area (Å²) in [7, 11) is 0. The summed E-state index contributed by atoms with van der Waals surface area (Å²) in [6.07, 6.45) is 1.26. The van der Waals surface area contributed by atoms with Crippen LogP contribution in [0.15, 0.2) is 72.8 Å². The van der Waals surface area contributed by atoms with Gasteiger partial charge in [-0.1, -0.05) is 24.3 Å². The highest BCUT2D eigenvalue weighted by molar-refractivity contribution is 8.16. The van der Waals surface area contributed by atoms with Crippen molar-refractivity contribution in [1.82, 2.24) is 5.32 Å². The Hall–Kier alpha value is -2.97. The molecule has 3 aromatic rings. The third-order valence-corrected chi connectivity index (χ3v) is 8.15. The molecule has 0 aromatic heterocycles. The maximum Gasteiger partial charge on any atom is 0.258 e. The summed E-state index contributed by atoms with van der Waals surface area (Å²) in [5, 5.41) is 5.60. The van der Waals surface area contributed by atoms with Crippen LogP contribution in [-0.2, 0) is 11.3 Å². The average molecular weight is 497 g/mol. The van der Waals surface area contributed by atoms with Crippen LogP contribution >= 0.6 is 23.5 Å². The molecule has 8 heteroatoms. The number of hydrogen-bond donors (Lipinski definition) is 2. The topological polar surface area (TPSA) is 67.4 Å². The van der Waals surface area contributed by atoms with Gasteiger partial charge in [-0.15, -0.1) is 23.5 Å². The maximum atomic E-state index is 13.0. The Morgan fingerprint density at radius 1 is 0.971 bits per heavy atom. The van der Waals surface area contributed by atoms with Gasteiger partial charge in [0.05, 0.1) is 4.58 Å². The van der Waals surface area contributed by atoms with Crippen molar-refractivity contribution >= 4 is 41.0 Å².